The molecule has 0 radical (unpaired) electrons. The first-order valence-electron chi connectivity index (χ1n) is 5.13. The number of nitrogen functional groups attached to an aromatic ring is 1. The molecule has 2 aromatic rings. The van der Waals surface area contributed by atoms with Gasteiger partial charge in [-0.25, -0.2) is 8.42 Å². The highest BCUT2D eigenvalue weighted by Gasteiger charge is 2.11. The zero-order valence-corrected chi connectivity index (χ0v) is 12.1. The molecule has 1 aromatic carbocycles. The summed E-state index contributed by atoms with van der Waals surface area (Å²) in [5.74, 6) is 0. The standard InChI is InChI=1S/C11H12BrN3O2S/c1-18(16,17)9-5-14-15(7-9)6-8-3-2-4-10(13)11(8)12/h2-5,7H,6,13H2,1H3. The lowest BCUT2D eigenvalue weighted by molar-refractivity contribution is 0.601. The molecule has 1 aromatic heterocycles. The van der Waals surface area contributed by atoms with E-state index in [9.17, 15) is 8.42 Å². The molecule has 7 heteroatoms. The van der Waals surface area contributed by atoms with E-state index in [0.717, 1.165) is 16.3 Å². The van der Waals surface area contributed by atoms with Crippen molar-refractivity contribution in [1.82, 2.24) is 9.78 Å². The maximum absolute atomic E-state index is 11.3. The van der Waals surface area contributed by atoms with E-state index in [4.69, 9.17) is 5.73 Å². The lowest BCUT2D eigenvalue weighted by atomic mass is 10.2. The molecule has 0 bridgehead atoms. The SMILES string of the molecule is CS(=O)(=O)c1cnn(Cc2cccc(N)c2Br)c1. The predicted octanol–water partition coefficient (Wildman–Crippen LogP) is 1.68. The first-order valence-corrected chi connectivity index (χ1v) is 7.82. The van der Waals surface area contributed by atoms with Crippen LogP contribution in [0.5, 0.6) is 0 Å². The lowest BCUT2D eigenvalue weighted by Gasteiger charge is -2.06. The van der Waals surface area contributed by atoms with E-state index in [2.05, 4.69) is 21.0 Å². The van der Waals surface area contributed by atoms with E-state index in [0.29, 0.717) is 12.2 Å². The fourth-order valence-corrected chi connectivity index (χ4v) is 2.46. The summed E-state index contributed by atoms with van der Waals surface area (Å²) >= 11 is 3.40. The highest BCUT2D eigenvalue weighted by molar-refractivity contribution is 9.10. The Hall–Kier alpha value is -1.34. The van der Waals surface area contributed by atoms with Gasteiger partial charge in [-0.3, -0.25) is 4.68 Å². The summed E-state index contributed by atoms with van der Waals surface area (Å²) in [7, 11) is -3.21. The van der Waals surface area contributed by atoms with E-state index in [-0.39, 0.29) is 4.90 Å². The predicted molar refractivity (Wildman–Crippen MR) is 73.0 cm³/mol. The molecule has 0 saturated carbocycles. The zero-order valence-electron chi connectivity index (χ0n) is 9.67. The van der Waals surface area contributed by atoms with E-state index < -0.39 is 9.84 Å². The minimum Gasteiger partial charge on any atom is -0.398 e. The molecule has 0 aliphatic carbocycles. The number of sulfone groups is 1. The van der Waals surface area contributed by atoms with Crippen LogP contribution in [0.15, 0.2) is 40.0 Å². The molecule has 2 N–H and O–H groups in total. The average molecular weight is 330 g/mol. The number of rotatable bonds is 3. The number of halogens is 1. The highest BCUT2D eigenvalue weighted by atomic mass is 79.9. The molecule has 0 aliphatic heterocycles. The Kier molecular flexibility index (Phi) is 3.45. The van der Waals surface area contributed by atoms with Crippen LogP contribution in [0.1, 0.15) is 5.56 Å². The summed E-state index contributed by atoms with van der Waals surface area (Å²) < 4.78 is 25.0. The third-order valence-electron chi connectivity index (χ3n) is 2.48. The molecule has 1 heterocycles. The molecule has 0 atom stereocenters. The molecule has 0 amide bonds. The first kappa shape index (κ1) is 13.1. The van der Waals surface area contributed by atoms with Crippen molar-refractivity contribution in [1.29, 1.82) is 0 Å². The fraction of sp³-hybridized carbons (Fsp3) is 0.182. The van der Waals surface area contributed by atoms with Gasteiger partial charge in [0.2, 0.25) is 0 Å². The van der Waals surface area contributed by atoms with Gasteiger partial charge in [0.1, 0.15) is 4.90 Å². The summed E-state index contributed by atoms with van der Waals surface area (Å²) in [6, 6.07) is 5.54. The number of aromatic nitrogens is 2. The van der Waals surface area contributed by atoms with Gasteiger partial charge in [-0.15, -0.1) is 0 Å². The van der Waals surface area contributed by atoms with Crippen LogP contribution < -0.4 is 5.73 Å². The third-order valence-corrected chi connectivity index (χ3v) is 4.51. The second kappa shape index (κ2) is 4.74. The summed E-state index contributed by atoms with van der Waals surface area (Å²) in [4.78, 5) is 0.211. The highest BCUT2D eigenvalue weighted by Crippen LogP contribution is 2.24. The van der Waals surface area contributed by atoms with Gasteiger partial charge in [-0.2, -0.15) is 5.10 Å². The summed E-state index contributed by atoms with van der Waals surface area (Å²) in [6.07, 6.45) is 4.01. The fourth-order valence-electron chi connectivity index (χ4n) is 1.52. The van der Waals surface area contributed by atoms with Crippen LogP contribution in [0.25, 0.3) is 0 Å². The Labute approximate surface area is 114 Å². The molecular formula is C11H12BrN3O2S. The molecule has 5 nitrogen and oxygen atoms in total. The lowest BCUT2D eigenvalue weighted by Crippen LogP contribution is -2.02. The van der Waals surface area contributed by atoms with Crippen LogP contribution in [0.2, 0.25) is 0 Å². The maximum atomic E-state index is 11.3. The van der Waals surface area contributed by atoms with Crippen molar-refractivity contribution >= 4 is 31.5 Å². The van der Waals surface area contributed by atoms with Gasteiger partial charge in [0.05, 0.1) is 12.7 Å². The van der Waals surface area contributed by atoms with Crippen molar-refractivity contribution in [2.75, 3.05) is 12.0 Å². The Balaban J connectivity index is 2.30. The van der Waals surface area contributed by atoms with E-state index in [1.165, 1.54) is 12.4 Å². The smallest absolute Gasteiger partial charge is 0.178 e. The van der Waals surface area contributed by atoms with Crippen molar-refractivity contribution in [3.05, 3.63) is 40.6 Å². The summed E-state index contributed by atoms with van der Waals surface area (Å²) in [6.45, 7) is 0.459. The second-order valence-electron chi connectivity index (χ2n) is 3.97. The molecule has 0 unspecified atom stereocenters. The Morgan fingerprint density at radius 3 is 2.78 bits per heavy atom. The number of hydrogen-bond acceptors (Lipinski definition) is 4. The van der Waals surface area contributed by atoms with E-state index >= 15 is 0 Å². The third kappa shape index (κ3) is 2.73. The molecule has 2 rings (SSSR count). The Morgan fingerprint density at radius 2 is 2.17 bits per heavy atom. The molecule has 0 spiro atoms. The molecule has 0 fully saturated rings. The van der Waals surface area contributed by atoms with Crippen LogP contribution in [0.4, 0.5) is 5.69 Å². The number of nitrogens with two attached hydrogens (primary N) is 1. The molecule has 0 saturated heterocycles. The normalized spacial score (nSPS) is 11.7. The largest absolute Gasteiger partial charge is 0.398 e. The minimum absolute atomic E-state index is 0.211. The van der Waals surface area contributed by atoms with Crippen molar-refractivity contribution in [2.24, 2.45) is 0 Å². The minimum atomic E-state index is -3.21. The number of nitrogens with zero attached hydrogens (tertiary/aromatic N) is 2. The van der Waals surface area contributed by atoms with Gasteiger partial charge in [0.25, 0.3) is 0 Å². The molecule has 96 valence electrons. The zero-order chi connectivity index (χ0) is 13.3. The number of anilines is 1. The van der Waals surface area contributed by atoms with Gasteiger partial charge < -0.3 is 5.73 Å². The Morgan fingerprint density at radius 1 is 1.44 bits per heavy atom. The van der Waals surface area contributed by atoms with E-state index in [1.807, 2.05) is 12.1 Å². The van der Waals surface area contributed by atoms with Crippen molar-refractivity contribution < 1.29 is 8.42 Å². The van der Waals surface area contributed by atoms with Crippen LogP contribution in [-0.4, -0.2) is 24.5 Å². The number of benzene rings is 1. The first-order chi connectivity index (χ1) is 8.38. The second-order valence-corrected chi connectivity index (χ2v) is 6.77. The van der Waals surface area contributed by atoms with Crippen LogP contribution >= 0.6 is 15.9 Å². The van der Waals surface area contributed by atoms with Crippen LogP contribution in [0.3, 0.4) is 0 Å². The molecule has 18 heavy (non-hydrogen) atoms. The van der Waals surface area contributed by atoms with Gasteiger partial charge in [0.15, 0.2) is 9.84 Å². The maximum Gasteiger partial charge on any atom is 0.178 e. The summed E-state index contributed by atoms with van der Waals surface area (Å²) in [5, 5.41) is 4.02. The monoisotopic (exact) mass is 329 g/mol. The van der Waals surface area contributed by atoms with Gasteiger partial charge >= 0.3 is 0 Å². The van der Waals surface area contributed by atoms with Crippen LogP contribution in [-0.2, 0) is 16.4 Å². The van der Waals surface area contributed by atoms with Gasteiger partial charge in [-0.05, 0) is 27.6 Å². The average Bonchev–Trinajstić information content (AvgIpc) is 2.73. The summed E-state index contributed by atoms with van der Waals surface area (Å²) in [5.41, 5.74) is 7.36. The number of hydrogen-bond donors (Lipinski definition) is 1. The van der Waals surface area contributed by atoms with Gasteiger partial charge in [0, 0.05) is 22.6 Å². The van der Waals surface area contributed by atoms with Crippen molar-refractivity contribution in [3.8, 4) is 0 Å². The van der Waals surface area contributed by atoms with Gasteiger partial charge in [-0.1, -0.05) is 12.1 Å². The Bertz CT molecular complexity index is 679. The van der Waals surface area contributed by atoms with Crippen molar-refractivity contribution in [3.63, 3.8) is 0 Å². The molecule has 0 aliphatic rings. The van der Waals surface area contributed by atoms with E-state index in [1.54, 1.807) is 10.7 Å². The van der Waals surface area contributed by atoms with Crippen LogP contribution in [0, 0.1) is 0 Å². The quantitative estimate of drug-likeness (QED) is 0.869. The molecular weight excluding hydrogens is 318 g/mol. The topological polar surface area (TPSA) is 78.0 Å². The van der Waals surface area contributed by atoms with Crippen molar-refractivity contribution in [2.45, 2.75) is 11.4 Å².